The summed E-state index contributed by atoms with van der Waals surface area (Å²) in [5.74, 6) is -0.363. The number of hydrogen-bond acceptors (Lipinski definition) is 3. The number of rotatable bonds is 3. The quantitative estimate of drug-likeness (QED) is 0.458. The van der Waals surface area contributed by atoms with Crippen molar-refractivity contribution in [3.63, 3.8) is 0 Å². The maximum atomic E-state index is 12.1. The van der Waals surface area contributed by atoms with E-state index in [1.165, 1.54) is 5.56 Å². The molecule has 1 amide bonds. The molecule has 0 aromatic heterocycles. The predicted molar refractivity (Wildman–Crippen MR) is 92.5 cm³/mol. The highest BCUT2D eigenvalue weighted by Crippen LogP contribution is 2.28. The number of carbonyl (C=O) groups is 1. The normalized spacial score (nSPS) is 10.8. The molecule has 0 unspecified atom stereocenters. The molecule has 0 saturated carbocycles. The number of aryl methyl sites for hydroxylation is 1. The first kappa shape index (κ1) is 15.7. The highest BCUT2D eigenvalue weighted by Gasteiger charge is 2.12. The molecule has 2 aromatic carbocycles. The number of benzene rings is 2. The van der Waals surface area contributed by atoms with Crippen molar-refractivity contribution in [3.8, 4) is 0 Å². The second kappa shape index (κ2) is 6.87. The molecule has 0 spiro atoms. The lowest BCUT2D eigenvalue weighted by atomic mass is 10.2. The Hall–Kier alpha value is -1.66. The fourth-order valence-corrected chi connectivity index (χ4v) is 2.88. The van der Waals surface area contributed by atoms with Crippen molar-refractivity contribution in [2.75, 3.05) is 5.73 Å². The fourth-order valence-electron chi connectivity index (χ4n) is 1.65. The van der Waals surface area contributed by atoms with Crippen LogP contribution in [0, 0.1) is 6.92 Å². The SMILES string of the molecule is Cc1ccc(/C=N\NC(=O)c2cc(Br)cc(Br)c2N)cc1. The molecule has 0 radical (unpaired) electrons. The van der Waals surface area contributed by atoms with Gasteiger partial charge in [0.05, 0.1) is 17.5 Å². The molecule has 6 heteroatoms. The third-order valence-corrected chi connectivity index (χ3v) is 3.91. The number of nitrogens with zero attached hydrogens (tertiary/aromatic N) is 1. The van der Waals surface area contributed by atoms with E-state index in [1.807, 2.05) is 31.2 Å². The van der Waals surface area contributed by atoms with Crippen LogP contribution in [0.2, 0.25) is 0 Å². The van der Waals surface area contributed by atoms with E-state index in [2.05, 4.69) is 42.4 Å². The van der Waals surface area contributed by atoms with Gasteiger partial charge in [0.2, 0.25) is 0 Å². The monoisotopic (exact) mass is 409 g/mol. The molecule has 108 valence electrons. The van der Waals surface area contributed by atoms with Crippen LogP contribution in [0.25, 0.3) is 0 Å². The van der Waals surface area contributed by atoms with E-state index in [4.69, 9.17) is 5.73 Å². The number of halogens is 2. The molecule has 2 aromatic rings. The van der Waals surface area contributed by atoms with Crippen molar-refractivity contribution in [2.24, 2.45) is 5.10 Å². The van der Waals surface area contributed by atoms with E-state index in [1.54, 1.807) is 18.3 Å². The molecule has 0 fully saturated rings. The van der Waals surface area contributed by atoms with E-state index in [0.29, 0.717) is 15.7 Å². The molecule has 0 saturated heterocycles. The van der Waals surface area contributed by atoms with Gasteiger partial charge in [-0.25, -0.2) is 5.43 Å². The van der Waals surface area contributed by atoms with Crippen LogP contribution < -0.4 is 11.2 Å². The van der Waals surface area contributed by atoms with E-state index >= 15 is 0 Å². The van der Waals surface area contributed by atoms with Gasteiger partial charge < -0.3 is 5.73 Å². The Morgan fingerprint density at radius 3 is 2.57 bits per heavy atom. The van der Waals surface area contributed by atoms with Crippen LogP contribution in [0.1, 0.15) is 21.5 Å². The summed E-state index contributed by atoms with van der Waals surface area (Å²) < 4.78 is 1.42. The van der Waals surface area contributed by atoms with Crippen molar-refractivity contribution in [3.05, 3.63) is 62.0 Å². The van der Waals surface area contributed by atoms with Crippen LogP contribution >= 0.6 is 31.9 Å². The molecular weight excluding hydrogens is 398 g/mol. The largest absolute Gasteiger partial charge is 0.397 e. The Bertz CT molecular complexity index is 697. The van der Waals surface area contributed by atoms with Crippen molar-refractivity contribution in [2.45, 2.75) is 6.92 Å². The molecule has 0 bridgehead atoms. The van der Waals surface area contributed by atoms with Gasteiger partial charge in [0.25, 0.3) is 5.91 Å². The van der Waals surface area contributed by atoms with Gasteiger partial charge in [0.1, 0.15) is 0 Å². The van der Waals surface area contributed by atoms with Crippen LogP contribution in [-0.2, 0) is 0 Å². The summed E-state index contributed by atoms with van der Waals surface area (Å²) in [5, 5.41) is 3.94. The first-order chi connectivity index (χ1) is 9.97. The molecule has 4 nitrogen and oxygen atoms in total. The van der Waals surface area contributed by atoms with Gasteiger partial charge in [-0.2, -0.15) is 5.10 Å². The standard InChI is InChI=1S/C15H13Br2N3O/c1-9-2-4-10(5-3-9)8-19-20-15(21)12-6-11(16)7-13(17)14(12)18/h2-8H,18H2,1H3,(H,20,21)/b19-8-. The van der Waals surface area contributed by atoms with Crippen LogP contribution in [0.15, 0.2) is 50.4 Å². The second-order valence-corrected chi connectivity index (χ2v) is 6.23. The number of nitrogen functional groups attached to an aromatic ring is 1. The Labute approximate surface area is 139 Å². The third-order valence-electron chi connectivity index (χ3n) is 2.80. The molecule has 21 heavy (non-hydrogen) atoms. The minimum Gasteiger partial charge on any atom is -0.397 e. The Balaban J connectivity index is 2.10. The molecule has 0 heterocycles. The Morgan fingerprint density at radius 1 is 1.24 bits per heavy atom. The van der Waals surface area contributed by atoms with Crippen molar-refractivity contribution in [1.29, 1.82) is 0 Å². The zero-order chi connectivity index (χ0) is 15.4. The van der Waals surface area contributed by atoms with Gasteiger partial charge >= 0.3 is 0 Å². The lowest BCUT2D eigenvalue weighted by molar-refractivity contribution is 0.0956. The summed E-state index contributed by atoms with van der Waals surface area (Å²) in [7, 11) is 0. The Kier molecular flexibility index (Phi) is 5.14. The second-order valence-electron chi connectivity index (χ2n) is 4.46. The minimum absolute atomic E-state index is 0.359. The molecule has 0 aliphatic carbocycles. The van der Waals surface area contributed by atoms with Gasteiger partial charge in [0, 0.05) is 8.95 Å². The summed E-state index contributed by atoms with van der Waals surface area (Å²) >= 11 is 6.63. The lowest BCUT2D eigenvalue weighted by Gasteiger charge is -2.07. The van der Waals surface area contributed by atoms with Gasteiger partial charge in [0.15, 0.2) is 0 Å². The number of carbonyl (C=O) groups excluding carboxylic acids is 1. The smallest absolute Gasteiger partial charge is 0.273 e. The van der Waals surface area contributed by atoms with Crippen LogP contribution in [-0.4, -0.2) is 12.1 Å². The van der Waals surface area contributed by atoms with Gasteiger partial charge in [-0.05, 0) is 40.5 Å². The number of hydrogen-bond donors (Lipinski definition) is 2. The summed E-state index contributed by atoms with van der Waals surface area (Å²) in [6, 6.07) is 11.2. The number of hydrazone groups is 1. The van der Waals surface area contributed by atoms with Crippen LogP contribution in [0.4, 0.5) is 5.69 Å². The molecule has 0 aliphatic rings. The Morgan fingerprint density at radius 2 is 1.90 bits per heavy atom. The van der Waals surface area contributed by atoms with Gasteiger partial charge in [-0.15, -0.1) is 0 Å². The highest BCUT2D eigenvalue weighted by atomic mass is 79.9. The molecule has 3 N–H and O–H groups in total. The van der Waals surface area contributed by atoms with Crippen LogP contribution in [0.5, 0.6) is 0 Å². The van der Waals surface area contributed by atoms with Gasteiger partial charge in [-0.1, -0.05) is 45.8 Å². The van der Waals surface area contributed by atoms with E-state index in [0.717, 1.165) is 10.0 Å². The average Bonchev–Trinajstić information content (AvgIpc) is 2.44. The molecule has 2 rings (SSSR count). The van der Waals surface area contributed by atoms with Crippen LogP contribution in [0.3, 0.4) is 0 Å². The summed E-state index contributed by atoms with van der Waals surface area (Å²) in [5.41, 5.74) is 11.1. The maximum absolute atomic E-state index is 12.1. The fraction of sp³-hybridized carbons (Fsp3) is 0.0667. The van der Waals surface area contributed by atoms with E-state index in [-0.39, 0.29) is 5.91 Å². The summed E-state index contributed by atoms with van der Waals surface area (Å²) in [6.07, 6.45) is 1.58. The van der Waals surface area contributed by atoms with Crippen molar-refractivity contribution in [1.82, 2.24) is 5.43 Å². The topological polar surface area (TPSA) is 67.5 Å². The number of amides is 1. The molecule has 0 aliphatic heterocycles. The highest BCUT2D eigenvalue weighted by molar-refractivity contribution is 9.11. The molecule has 0 atom stereocenters. The minimum atomic E-state index is -0.363. The maximum Gasteiger partial charge on any atom is 0.273 e. The number of nitrogens with two attached hydrogens (primary N) is 1. The van der Waals surface area contributed by atoms with Crippen molar-refractivity contribution >= 4 is 49.7 Å². The zero-order valence-corrected chi connectivity index (χ0v) is 14.4. The predicted octanol–water partition coefficient (Wildman–Crippen LogP) is 3.87. The zero-order valence-electron chi connectivity index (χ0n) is 11.2. The van der Waals surface area contributed by atoms with Crippen molar-refractivity contribution < 1.29 is 4.79 Å². The number of anilines is 1. The molecular formula is C15H13Br2N3O. The summed E-state index contributed by atoms with van der Waals surface area (Å²) in [6.45, 7) is 2.01. The number of nitrogens with one attached hydrogen (secondary N) is 1. The first-order valence-corrected chi connectivity index (χ1v) is 7.70. The van der Waals surface area contributed by atoms with E-state index < -0.39 is 0 Å². The lowest BCUT2D eigenvalue weighted by Crippen LogP contribution is -2.19. The summed E-state index contributed by atoms with van der Waals surface area (Å²) in [4.78, 5) is 12.1. The van der Waals surface area contributed by atoms with E-state index in [9.17, 15) is 4.79 Å². The first-order valence-electron chi connectivity index (χ1n) is 6.12. The van der Waals surface area contributed by atoms with Gasteiger partial charge in [-0.3, -0.25) is 4.79 Å². The average molecular weight is 411 g/mol. The third kappa shape index (κ3) is 4.15.